The third kappa shape index (κ3) is 4.55. The number of nitrogens with zero attached hydrogens (tertiary/aromatic N) is 1. The van der Waals surface area contributed by atoms with Crippen molar-refractivity contribution in [3.8, 4) is 5.75 Å². The largest absolute Gasteiger partial charge is 0.496 e. The molecule has 0 spiro atoms. The Bertz CT molecular complexity index is 791. The van der Waals surface area contributed by atoms with Crippen molar-refractivity contribution >= 4 is 23.2 Å². The van der Waals surface area contributed by atoms with Gasteiger partial charge in [-0.2, -0.15) is 0 Å². The molecular formula is C22H28N2O3S. The molecule has 1 aliphatic heterocycles. The molecule has 0 radical (unpaired) electrons. The number of para-hydroxylation sites is 1. The van der Waals surface area contributed by atoms with Crippen molar-refractivity contribution in [1.29, 1.82) is 0 Å². The van der Waals surface area contributed by atoms with Gasteiger partial charge in [0.25, 0.3) is 0 Å². The van der Waals surface area contributed by atoms with Gasteiger partial charge in [-0.25, -0.2) is 0 Å². The zero-order valence-electron chi connectivity index (χ0n) is 16.5. The van der Waals surface area contributed by atoms with Crippen molar-refractivity contribution in [2.75, 3.05) is 13.7 Å². The summed E-state index contributed by atoms with van der Waals surface area (Å²) in [5.74, 6) is 0.551. The molecule has 0 aliphatic carbocycles. The van der Waals surface area contributed by atoms with Gasteiger partial charge in [0.15, 0.2) is 0 Å². The first kappa shape index (κ1) is 20.4. The maximum Gasteiger partial charge on any atom is 0.225 e. The monoisotopic (exact) mass is 400 g/mol. The lowest BCUT2D eigenvalue weighted by molar-refractivity contribution is -0.143. The molecule has 150 valence electrons. The zero-order valence-corrected chi connectivity index (χ0v) is 17.3. The Labute approximate surface area is 170 Å². The third-order valence-electron chi connectivity index (χ3n) is 5.27. The van der Waals surface area contributed by atoms with E-state index in [9.17, 15) is 9.59 Å². The smallest absolute Gasteiger partial charge is 0.225 e. The van der Waals surface area contributed by atoms with Crippen molar-refractivity contribution in [1.82, 2.24) is 10.2 Å². The molecule has 1 aromatic carbocycles. The number of hydrogen-bond acceptors (Lipinski definition) is 4. The number of amides is 2. The van der Waals surface area contributed by atoms with Crippen LogP contribution in [0.4, 0.5) is 0 Å². The number of likely N-dealkylation sites (tertiary alicyclic amines) is 1. The third-order valence-corrected chi connectivity index (χ3v) is 6.15. The standard InChI is InChI=1S/C22H28N2O3S/c1-3-4-13-24-20(25)12-11-18(22(26)23-15-16-8-7-14-28-16)21(24)17-9-5-6-10-19(17)27-2/h5-10,14,18,21H,3-4,11-13,15H2,1-2H3,(H,23,26)/t18-,21+/m1/s1. The summed E-state index contributed by atoms with van der Waals surface area (Å²) in [7, 11) is 1.63. The van der Waals surface area contributed by atoms with E-state index in [1.807, 2.05) is 46.7 Å². The van der Waals surface area contributed by atoms with Crippen LogP contribution in [0.1, 0.15) is 49.1 Å². The van der Waals surface area contributed by atoms with Gasteiger partial charge >= 0.3 is 0 Å². The number of carbonyl (C=O) groups excluding carboxylic acids is 2. The number of rotatable bonds is 8. The minimum Gasteiger partial charge on any atom is -0.496 e. The highest BCUT2D eigenvalue weighted by Gasteiger charge is 2.41. The van der Waals surface area contributed by atoms with Crippen molar-refractivity contribution in [3.63, 3.8) is 0 Å². The van der Waals surface area contributed by atoms with Crippen LogP contribution in [0.5, 0.6) is 5.75 Å². The SMILES string of the molecule is CCCCN1C(=O)CC[C@@H](C(=O)NCc2cccs2)[C@@H]1c1ccccc1OC. The second-order valence-electron chi connectivity index (χ2n) is 7.07. The van der Waals surface area contributed by atoms with E-state index in [2.05, 4.69) is 12.2 Å². The minimum absolute atomic E-state index is 0.00157. The number of methoxy groups -OCH3 is 1. The van der Waals surface area contributed by atoms with Crippen LogP contribution >= 0.6 is 11.3 Å². The number of benzene rings is 1. The summed E-state index contributed by atoms with van der Waals surface area (Å²) in [6.07, 6.45) is 2.88. The fraction of sp³-hybridized carbons (Fsp3) is 0.455. The summed E-state index contributed by atoms with van der Waals surface area (Å²) >= 11 is 1.63. The van der Waals surface area contributed by atoms with Crippen LogP contribution < -0.4 is 10.1 Å². The molecule has 1 aromatic heterocycles. The molecule has 0 saturated carbocycles. The molecule has 28 heavy (non-hydrogen) atoms. The van der Waals surface area contributed by atoms with Crippen LogP contribution in [0.3, 0.4) is 0 Å². The summed E-state index contributed by atoms with van der Waals surface area (Å²) in [5, 5.41) is 5.08. The second kappa shape index (κ2) is 9.73. The van der Waals surface area contributed by atoms with Gasteiger partial charge in [-0.1, -0.05) is 37.6 Å². The van der Waals surface area contributed by atoms with Crippen molar-refractivity contribution in [2.45, 2.75) is 45.2 Å². The number of nitrogens with one attached hydrogen (secondary N) is 1. The molecular weight excluding hydrogens is 372 g/mol. The van der Waals surface area contributed by atoms with Crippen LogP contribution in [-0.2, 0) is 16.1 Å². The average molecular weight is 401 g/mol. The zero-order chi connectivity index (χ0) is 19.9. The molecule has 5 nitrogen and oxygen atoms in total. The van der Waals surface area contributed by atoms with Crippen molar-refractivity contribution < 1.29 is 14.3 Å². The van der Waals surface area contributed by atoms with Gasteiger partial charge in [-0.3, -0.25) is 9.59 Å². The lowest BCUT2D eigenvalue weighted by Gasteiger charge is -2.41. The summed E-state index contributed by atoms with van der Waals surface area (Å²) < 4.78 is 5.57. The van der Waals surface area contributed by atoms with E-state index < -0.39 is 0 Å². The fourth-order valence-electron chi connectivity index (χ4n) is 3.83. The molecule has 3 rings (SSSR count). The number of carbonyl (C=O) groups is 2. The summed E-state index contributed by atoms with van der Waals surface area (Å²) in [4.78, 5) is 28.9. The Morgan fingerprint density at radius 3 is 2.82 bits per heavy atom. The Morgan fingerprint density at radius 2 is 2.11 bits per heavy atom. The van der Waals surface area contributed by atoms with Crippen LogP contribution in [-0.4, -0.2) is 30.4 Å². The molecule has 2 heterocycles. The molecule has 1 aliphatic rings. The molecule has 2 atom stereocenters. The first-order chi connectivity index (χ1) is 13.7. The molecule has 1 fully saturated rings. The van der Waals surface area contributed by atoms with Crippen LogP contribution in [0.2, 0.25) is 0 Å². The summed E-state index contributed by atoms with van der Waals surface area (Å²) in [6, 6.07) is 11.4. The first-order valence-corrected chi connectivity index (χ1v) is 10.8. The molecule has 6 heteroatoms. The van der Waals surface area contributed by atoms with Gasteiger partial charge in [0.2, 0.25) is 11.8 Å². The van der Waals surface area contributed by atoms with Crippen molar-refractivity contribution in [2.24, 2.45) is 5.92 Å². The highest BCUT2D eigenvalue weighted by atomic mass is 32.1. The molecule has 0 unspecified atom stereocenters. The summed E-state index contributed by atoms with van der Waals surface area (Å²) in [5.41, 5.74) is 0.908. The normalized spacial score (nSPS) is 19.5. The van der Waals surface area contributed by atoms with Gasteiger partial charge < -0.3 is 15.0 Å². The Balaban J connectivity index is 1.89. The van der Waals surface area contributed by atoms with Crippen LogP contribution in [0.15, 0.2) is 41.8 Å². The lowest BCUT2D eigenvalue weighted by Crippen LogP contribution is -2.48. The predicted octanol–water partition coefficient (Wildman–Crippen LogP) is 4.15. The van der Waals surface area contributed by atoms with Gasteiger partial charge in [0.05, 0.1) is 25.6 Å². The highest BCUT2D eigenvalue weighted by molar-refractivity contribution is 7.09. The van der Waals surface area contributed by atoms with E-state index in [1.54, 1.807) is 18.4 Å². The van der Waals surface area contributed by atoms with Gasteiger partial charge in [0, 0.05) is 23.4 Å². The minimum atomic E-state index is -0.299. The molecule has 2 amide bonds. The van der Waals surface area contributed by atoms with Crippen LogP contribution in [0.25, 0.3) is 0 Å². The fourth-order valence-corrected chi connectivity index (χ4v) is 4.48. The Hall–Kier alpha value is -2.34. The van der Waals surface area contributed by atoms with E-state index in [0.29, 0.717) is 25.9 Å². The number of thiophene rings is 1. The van der Waals surface area contributed by atoms with Gasteiger partial charge in [-0.05, 0) is 30.4 Å². The second-order valence-corrected chi connectivity index (χ2v) is 8.10. The molecule has 0 bridgehead atoms. The molecule has 2 aromatic rings. The van der Waals surface area contributed by atoms with E-state index in [0.717, 1.165) is 29.0 Å². The highest BCUT2D eigenvalue weighted by Crippen LogP contribution is 2.40. The van der Waals surface area contributed by atoms with Crippen LogP contribution in [0, 0.1) is 5.92 Å². The van der Waals surface area contributed by atoms with Gasteiger partial charge in [0.1, 0.15) is 5.75 Å². The van der Waals surface area contributed by atoms with E-state index in [1.165, 1.54) is 0 Å². The topological polar surface area (TPSA) is 58.6 Å². The number of piperidine rings is 1. The van der Waals surface area contributed by atoms with Crippen molar-refractivity contribution in [3.05, 3.63) is 52.2 Å². The average Bonchev–Trinajstić information content (AvgIpc) is 3.24. The quantitative estimate of drug-likeness (QED) is 0.724. The first-order valence-electron chi connectivity index (χ1n) is 9.88. The number of unbranched alkanes of at least 4 members (excludes halogenated alkanes) is 1. The summed E-state index contributed by atoms with van der Waals surface area (Å²) in [6.45, 7) is 3.29. The van der Waals surface area contributed by atoms with Gasteiger partial charge in [-0.15, -0.1) is 11.3 Å². The maximum absolute atomic E-state index is 13.1. The number of hydrogen-bond donors (Lipinski definition) is 1. The Morgan fingerprint density at radius 1 is 1.29 bits per heavy atom. The molecule has 1 N–H and O–H groups in total. The van der Waals surface area contributed by atoms with E-state index in [-0.39, 0.29) is 23.8 Å². The number of ether oxygens (including phenoxy) is 1. The van der Waals surface area contributed by atoms with E-state index in [4.69, 9.17) is 4.74 Å². The lowest BCUT2D eigenvalue weighted by atomic mass is 9.83. The maximum atomic E-state index is 13.1. The predicted molar refractivity (Wildman–Crippen MR) is 111 cm³/mol. The Kier molecular flexibility index (Phi) is 7.09. The van der Waals surface area contributed by atoms with E-state index >= 15 is 0 Å². The molecule has 1 saturated heterocycles.